The molecule has 0 aliphatic rings. The molecule has 45 heavy (non-hydrogen) atoms. The number of nitrogens with zero attached hydrogens (tertiary/aromatic N) is 4. The van der Waals surface area contributed by atoms with E-state index in [4.69, 9.17) is 79.6 Å². The molecule has 0 saturated carbocycles. The van der Waals surface area contributed by atoms with Crippen molar-refractivity contribution in [2.45, 2.75) is 8.42 Å². The Morgan fingerprint density at radius 2 is 1.07 bits per heavy atom. The van der Waals surface area contributed by atoms with Gasteiger partial charge in [-0.25, -0.2) is 19.9 Å². The van der Waals surface area contributed by atoms with E-state index in [0.29, 0.717) is 31.7 Å². The standard InChI is InChI=1S/C26H10Cl6N6O2S5/c27-11-3-15(41-7-11)17-23(44-25(35-17)37-21(39)9-1-13(29)19(31)33-5-9)43-24-18(16-4-12(28)8-42-16)36-26(45-24)38-22(40)10-2-14(30)20(32)34-6-10/h1-8H,(H,35,37,39)(H,36,38,40). The first-order chi connectivity index (χ1) is 21.5. The number of thiazole rings is 2. The molecule has 0 unspecified atom stereocenters. The van der Waals surface area contributed by atoms with Crippen molar-refractivity contribution in [2.24, 2.45) is 0 Å². The van der Waals surface area contributed by atoms with Gasteiger partial charge in [-0.1, -0.05) is 104 Å². The average molecular weight is 811 g/mol. The lowest BCUT2D eigenvalue weighted by Crippen LogP contribution is -2.12. The van der Waals surface area contributed by atoms with Crippen LogP contribution < -0.4 is 10.6 Å². The zero-order chi connectivity index (χ0) is 31.8. The smallest absolute Gasteiger partial charge is 0.259 e. The van der Waals surface area contributed by atoms with Gasteiger partial charge in [0, 0.05) is 23.2 Å². The van der Waals surface area contributed by atoms with E-state index >= 15 is 0 Å². The maximum atomic E-state index is 13.0. The first kappa shape index (κ1) is 32.9. The van der Waals surface area contributed by atoms with Crippen LogP contribution in [0.5, 0.6) is 0 Å². The molecule has 0 spiro atoms. The van der Waals surface area contributed by atoms with Crippen molar-refractivity contribution in [3.05, 3.63) is 88.9 Å². The van der Waals surface area contributed by atoms with Crippen LogP contribution in [0.4, 0.5) is 10.3 Å². The van der Waals surface area contributed by atoms with Gasteiger partial charge < -0.3 is 0 Å². The van der Waals surface area contributed by atoms with Gasteiger partial charge in [-0.2, -0.15) is 0 Å². The third kappa shape index (κ3) is 7.60. The van der Waals surface area contributed by atoms with Gasteiger partial charge in [0.05, 0.1) is 49.4 Å². The number of thiophene rings is 2. The minimum Gasteiger partial charge on any atom is -0.298 e. The van der Waals surface area contributed by atoms with Gasteiger partial charge in [0.15, 0.2) is 10.3 Å². The Morgan fingerprint density at radius 3 is 1.42 bits per heavy atom. The van der Waals surface area contributed by atoms with Crippen LogP contribution in [0.3, 0.4) is 0 Å². The fourth-order valence-corrected chi connectivity index (χ4v) is 10.0. The zero-order valence-corrected chi connectivity index (χ0v) is 30.2. The lowest BCUT2D eigenvalue weighted by atomic mass is 10.3. The van der Waals surface area contributed by atoms with E-state index in [1.165, 1.54) is 81.6 Å². The number of rotatable bonds is 8. The van der Waals surface area contributed by atoms with Crippen molar-refractivity contribution < 1.29 is 9.59 Å². The molecule has 0 fully saturated rings. The fourth-order valence-electron chi connectivity index (χ4n) is 3.56. The van der Waals surface area contributed by atoms with E-state index < -0.39 is 11.8 Å². The third-order valence-electron chi connectivity index (χ3n) is 5.54. The Balaban J connectivity index is 1.35. The Labute approximate surface area is 304 Å². The van der Waals surface area contributed by atoms with Gasteiger partial charge in [0.25, 0.3) is 11.8 Å². The summed E-state index contributed by atoms with van der Waals surface area (Å²) in [6.07, 6.45) is 2.65. The molecule has 6 aromatic rings. The molecule has 228 valence electrons. The SMILES string of the molecule is O=C(Nc1nc(-c2cc(Cl)cs2)c(Sc2sc(NC(=O)c3cnc(Cl)c(Cl)c3)nc2-c2cc(Cl)cs2)s1)c1cnc(Cl)c(Cl)c1. The monoisotopic (exact) mass is 808 g/mol. The molecule has 0 aliphatic carbocycles. The fraction of sp³-hybridized carbons (Fsp3) is 0. The van der Waals surface area contributed by atoms with Crippen LogP contribution in [0, 0.1) is 0 Å². The number of carbonyl (C=O) groups is 2. The lowest BCUT2D eigenvalue weighted by molar-refractivity contribution is 0.101. The number of hydrogen-bond acceptors (Lipinski definition) is 11. The molecule has 0 radical (unpaired) electrons. The predicted molar refractivity (Wildman–Crippen MR) is 189 cm³/mol. The second-order valence-electron chi connectivity index (χ2n) is 8.57. The highest BCUT2D eigenvalue weighted by Gasteiger charge is 2.24. The van der Waals surface area contributed by atoms with E-state index in [1.54, 1.807) is 22.9 Å². The number of amides is 2. The minimum absolute atomic E-state index is 0.0922. The quantitative estimate of drug-likeness (QED) is 0.147. The molecule has 0 aliphatic heterocycles. The van der Waals surface area contributed by atoms with Crippen molar-refractivity contribution in [3.63, 3.8) is 0 Å². The molecule has 6 rings (SSSR count). The Bertz CT molecular complexity index is 1950. The number of anilines is 2. The summed E-state index contributed by atoms with van der Waals surface area (Å²) in [6, 6.07) is 6.44. The van der Waals surface area contributed by atoms with Gasteiger partial charge in [-0.05, 0) is 24.3 Å². The molecule has 0 bridgehead atoms. The highest BCUT2D eigenvalue weighted by molar-refractivity contribution is 8.03. The summed E-state index contributed by atoms with van der Waals surface area (Å²) in [7, 11) is 0. The summed E-state index contributed by atoms with van der Waals surface area (Å²) in [5, 5.41) is 11.5. The molecular weight excluding hydrogens is 801 g/mol. The normalized spacial score (nSPS) is 11.2. The largest absolute Gasteiger partial charge is 0.298 e. The summed E-state index contributed by atoms with van der Waals surface area (Å²) in [5.74, 6) is -0.925. The summed E-state index contributed by atoms with van der Waals surface area (Å²) < 4.78 is 1.49. The lowest BCUT2D eigenvalue weighted by Gasteiger charge is -2.02. The molecule has 19 heteroatoms. The van der Waals surface area contributed by atoms with Crippen molar-refractivity contribution >= 4 is 149 Å². The number of aromatic nitrogens is 4. The number of pyridine rings is 2. The summed E-state index contributed by atoms with van der Waals surface area (Å²) >= 11 is 43.1. The van der Waals surface area contributed by atoms with E-state index in [9.17, 15) is 9.59 Å². The van der Waals surface area contributed by atoms with Crippen LogP contribution in [0.25, 0.3) is 21.1 Å². The average Bonchev–Trinajstić information content (AvgIpc) is 3.79. The Kier molecular flexibility index (Phi) is 10.2. The van der Waals surface area contributed by atoms with Crippen LogP contribution in [0.2, 0.25) is 30.4 Å². The molecule has 0 atom stereocenters. The van der Waals surface area contributed by atoms with Crippen LogP contribution >= 0.6 is 127 Å². The van der Waals surface area contributed by atoms with Gasteiger partial charge in [-0.3, -0.25) is 20.2 Å². The van der Waals surface area contributed by atoms with E-state index in [-0.39, 0.29) is 31.5 Å². The number of hydrogen-bond donors (Lipinski definition) is 2. The Hall–Kier alpha value is -2.01. The molecule has 0 aromatic carbocycles. The second kappa shape index (κ2) is 14.0. The highest BCUT2D eigenvalue weighted by atomic mass is 35.5. The van der Waals surface area contributed by atoms with Gasteiger partial charge in [-0.15, -0.1) is 22.7 Å². The molecule has 6 aromatic heterocycles. The molecular formula is C26H10Cl6N6O2S5. The van der Waals surface area contributed by atoms with Crippen LogP contribution in [-0.4, -0.2) is 31.8 Å². The summed E-state index contributed by atoms with van der Waals surface area (Å²) in [4.78, 5) is 44.9. The third-order valence-corrected chi connectivity index (χ3v) is 12.8. The van der Waals surface area contributed by atoms with E-state index in [0.717, 1.165) is 18.2 Å². The van der Waals surface area contributed by atoms with Crippen LogP contribution in [0.15, 0.2) is 55.8 Å². The zero-order valence-electron chi connectivity index (χ0n) is 21.5. The second-order valence-corrected chi connectivity index (χ2v) is 16.3. The van der Waals surface area contributed by atoms with E-state index in [2.05, 4.69) is 20.6 Å². The molecule has 2 N–H and O–H groups in total. The number of halogens is 6. The highest BCUT2D eigenvalue weighted by Crippen LogP contribution is 2.50. The predicted octanol–water partition coefficient (Wildman–Crippen LogP) is 11.4. The topological polar surface area (TPSA) is 110 Å². The molecule has 8 nitrogen and oxygen atoms in total. The first-order valence-corrected chi connectivity index (χ1v) is 18.4. The van der Waals surface area contributed by atoms with Crippen molar-refractivity contribution in [2.75, 3.05) is 10.6 Å². The van der Waals surface area contributed by atoms with Gasteiger partial charge in [0.1, 0.15) is 21.7 Å². The van der Waals surface area contributed by atoms with E-state index in [1.807, 2.05) is 0 Å². The molecule has 6 heterocycles. The molecule has 2 amide bonds. The summed E-state index contributed by atoms with van der Waals surface area (Å²) in [5.41, 5.74) is 1.65. The van der Waals surface area contributed by atoms with Crippen LogP contribution in [-0.2, 0) is 0 Å². The van der Waals surface area contributed by atoms with Crippen LogP contribution in [0.1, 0.15) is 20.7 Å². The maximum absolute atomic E-state index is 13.0. The van der Waals surface area contributed by atoms with Crippen molar-refractivity contribution in [1.29, 1.82) is 0 Å². The van der Waals surface area contributed by atoms with Gasteiger partial charge in [0.2, 0.25) is 0 Å². The number of nitrogens with one attached hydrogen (secondary N) is 2. The van der Waals surface area contributed by atoms with Gasteiger partial charge >= 0.3 is 0 Å². The van der Waals surface area contributed by atoms with Crippen molar-refractivity contribution in [3.8, 4) is 21.1 Å². The Morgan fingerprint density at radius 1 is 0.644 bits per heavy atom. The maximum Gasteiger partial charge on any atom is 0.259 e. The number of carbonyl (C=O) groups excluding carboxylic acids is 2. The minimum atomic E-state index is -0.462. The molecule has 0 saturated heterocycles. The van der Waals surface area contributed by atoms with Crippen molar-refractivity contribution in [1.82, 2.24) is 19.9 Å². The first-order valence-electron chi connectivity index (χ1n) is 12.0. The summed E-state index contributed by atoms with van der Waals surface area (Å²) in [6.45, 7) is 0.